The summed E-state index contributed by atoms with van der Waals surface area (Å²) in [6.45, 7) is 3.50. The summed E-state index contributed by atoms with van der Waals surface area (Å²) in [6, 6.07) is 6.86. The molecule has 1 N–H and O–H groups in total. The van der Waals surface area contributed by atoms with E-state index in [1.54, 1.807) is 12.1 Å². The van der Waals surface area contributed by atoms with Crippen LogP contribution in [0.25, 0.3) is 0 Å². The van der Waals surface area contributed by atoms with Crippen molar-refractivity contribution in [3.05, 3.63) is 35.6 Å². The first-order valence-electron chi connectivity index (χ1n) is 7.17. The Balaban J connectivity index is 1.99. The molecule has 2 nitrogen and oxygen atoms in total. The molecule has 0 radical (unpaired) electrons. The maximum absolute atomic E-state index is 13.6. The number of hydrogen-bond acceptors (Lipinski definition) is 2. The number of nitrogens with one attached hydrogen (secondary N) is 1. The predicted octanol–water partition coefficient (Wildman–Crippen LogP) is 3.51. The first-order chi connectivity index (χ1) is 9.15. The van der Waals surface area contributed by atoms with Crippen LogP contribution in [0, 0.1) is 11.7 Å². The van der Waals surface area contributed by atoms with E-state index in [2.05, 4.69) is 12.2 Å². The van der Waals surface area contributed by atoms with Crippen molar-refractivity contribution in [1.29, 1.82) is 0 Å². The minimum absolute atomic E-state index is 0.121. The van der Waals surface area contributed by atoms with E-state index in [4.69, 9.17) is 4.74 Å². The Labute approximate surface area is 115 Å². The van der Waals surface area contributed by atoms with Crippen molar-refractivity contribution in [1.82, 2.24) is 5.32 Å². The Morgan fingerprint density at radius 2 is 2.00 bits per heavy atom. The molecular weight excluding hydrogens is 241 g/mol. The summed E-state index contributed by atoms with van der Waals surface area (Å²) in [5.41, 5.74) is 0.528. The lowest BCUT2D eigenvalue weighted by Gasteiger charge is -2.39. The van der Waals surface area contributed by atoms with Crippen LogP contribution in [-0.4, -0.2) is 19.2 Å². The summed E-state index contributed by atoms with van der Waals surface area (Å²) >= 11 is 0. The van der Waals surface area contributed by atoms with E-state index in [-0.39, 0.29) is 11.4 Å². The lowest BCUT2D eigenvalue weighted by Crippen LogP contribution is -2.44. The van der Waals surface area contributed by atoms with E-state index >= 15 is 0 Å². The van der Waals surface area contributed by atoms with Gasteiger partial charge in [0.1, 0.15) is 5.82 Å². The lowest BCUT2D eigenvalue weighted by molar-refractivity contribution is -0.0847. The van der Waals surface area contributed by atoms with Crippen LogP contribution in [0.2, 0.25) is 0 Å². The molecule has 0 amide bonds. The molecule has 0 unspecified atom stereocenters. The van der Waals surface area contributed by atoms with Gasteiger partial charge in [-0.15, -0.1) is 0 Å². The molecule has 1 aliphatic rings. The second-order valence-electron chi connectivity index (χ2n) is 5.78. The summed E-state index contributed by atoms with van der Waals surface area (Å²) in [6.07, 6.45) is 4.50. The summed E-state index contributed by atoms with van der Waals surface area (Å²) in [5.74, 6) is 0.605. The smallest absolute Gasteiger partial charge is 0.128 e. The van der Waals surface area contributed by atoms with Crippen molar-refractivity contribution < 1.29 is 9.13 Å². The Hall–Kier alpha value is -0.930. The number of halogens is 1. The molecule has 1 saturated carbocycles. The van der Waals surface area contributed by atoms with E-state index in [9.17, 15) is 4.39 Å². The number of rotatable bonds is 5. The third kappa shape index (κ3) is 3.77. The summed E-state index contributed by atoms with van der Waals surface area (Å²) in [5, 5.41) is 3.23. The molecule has 106 valence electrons. The predicted molar refractivity (Wildman–Crippen MR) is 75.5 cm³/mol. The topological polar surface area (TPSA) is 21.3 Å². The zero-order chi connectivity index (χ0) is 13.7. The molecule has 3 heteroatoms. The lowest BCUT2D eigenvalue weighted by atomic mass is 9.79. The molecule has 1 aliphatic carbocycles. The van der Waals surface area contributed by atoms with Gasteiger partial charge in [-0.1, -0.05) is 25.1 Å². The van der Waals surface area contributed by atoms with Crippen LogP contribution < -0.4 is 5.32 Å². The van der Waals surface area contributed by atoms with Gasteiger partial charge in [-0.25, -0.2) is 4.39 Å². The first kappa shape index (κ1) is 14.5. The molecule has 0 atom stereocenters. The van der Waals surface area contributed by atoms with Gasteiger partial charge >= 0.3 is 0 Å². The van der Waals surface area contributed by atoms with Crippen molar-refractivity contribution in [3.63, 3.8) is 0 Å². The van der Waals surface area contributed by atoms with E-state index < -0.39 is 0 Å². The van der Waals surface area contributed by atoms with Crippen LogP contribution in [-0.2, 0) is 11.3 Å². The van der Waals surface area contributed by atoms with Crippen molar-refractivity contribution >= 4 is 0 Å². The maximum atomic E-state index is 13.6. The molecule has 19 heavy (non-hydrogen) atoms. The number of hydrogen-bond donors (Lipinski definition) is 1. The number of benzene rings is 1. The summed E-state index contributed by atoms with van der Waals surface area (Å²) in [4.78, 5) is 0. The molecule has 0 spiro atoms. The van der Waals surface area contributed by atoms with Gasteiger partial charge in [-0.05, 0) is 44.7 Å². The highest BCUT2D eigenvalue weighted by Gasteiger charge is 2.34. The molecule has 0 aromatic heterocycles. The fourth-order valence-electron chi connectivity index (χ4n) is 2.83. The second-order valence-corrected chi connectivity index (χ2v) is 5.78. The minimum Gasteiger partial charge on any atom is -0.369 e. The number of ether oxygens (including phenoxy) is 1. The fourth-order valence-corrected chi connectivity index (χ4v) is 2.83. The molecule has 1 fully saturated rings. The minimum atomic E-state index is -0.175. The maximum Gasteiger partial charge on any atom is 0.128 e. The molecule has 0 bridgehead atoms. The molecule has 1 aromatic rings. The molecular formula is C16H24FNO. The van der Waals surface area contributed by atoms with Gasteiger partial charge in [0.2, 0.25) is 0 Å². The van der Waals surface area contributed by atoms with Gasteiger partial charge in [0, 0.05) is 12.1 Å². The van der Waals surface area contributed by atoms with Crippen LogP contribution in [0.15, 0.2) is 24.3 Å². The highest BCUT2D eigenvalue weighted by Crippen LogP contribution is 2.35. The monoisotopic (exact) mass is 265 g/mol. The van der Waals surface area contributed by atoms with Crippen molar-refractivity contribution in [2.24, 2.45) is 5.92 Å². The Morgan fingerprint density at radius 1 is 1.32 bits per heavy atom. The van der Waals surface area contributed by atoms with Crippen LogP contribution in [0.4, 0.5) is 4.39 Å². The van der Waals surface area contributed by atoms with Crippen molar-refractivity contribution in [2.45, 2.75) is 44.8 Å². The zero-order valence-electron chi connectivity index (χ0n) is 11.9. The molecule has 1 aromatic carbocycles. The van der Waals surface area contributed by atoms with Crippen molar-refractivity contribution in [2.75, 3.05) is 13.6 Å². The fraction of sp³-hybridized carbons (Fsp3) is 0.625. The number of likely N-dealkylation sites (N-methyl/N-ethyl adjacent to an activating group) is 1. The first-order valence-corrected chi connectivity index (χ1v) is 7.17. The summed E-state index contributed by atoms with van der Waals surface area (Å²) in [7, 11) is 1.95. The Kier molecular flexibility index (Phi) is 4.94. The van der Waals surface area contributed by atoms with E-state index in [0.29, 0.717) is 12.2 Å². The molecule has 0 aliphatic heterocycles. The second kappa shape index (κ2) is 6.49. The van der Waals surface area contributed by atoms with Gasteiger partial charge in [0.15, 0.2) is 0 Å². The quantitative estimate of drug-likeness (QED) is 0.879. The van der Waals surface area contributed by atoms with Crippen molar-refractivity contribution in [3.8, 4) is 0 Å². The van der Waals surface area contributed by atoms with Crippen LogP contribution in [0.1, 0.15) is 38.2 Å². The van der Waals surface area contributed by atoms with Crippen LogP contribution in [0.5, 0.6) is 0 Å². The van der Waals surface area contributed by atoms with E-state index in [1.807, 2.05) is 13.1 Å². The normalized spacial score (nSPS) is 27.4. The third-order valence-electron chi connectivity index (χ3n) is 4.18. The van der Waals surface area contributed by atoms with Gasteiger partial charge in [0.05, 0.1) is 12.2 Å². The molecule has 2 rings (SSSR count). The van der Waals surface area contributed by atoms with E-state index in [0.717, 1.165) is 25.3 Å². The van der Waals surface area contributed by atoms with E-state index in [1.165, 1.54) is 18.9 Å². The Bertz CT molecular complexity index is 399. The molecule has 0 saturated heterocycles. The summed E-state index contributed by atoms with van der Waals surface area (Å²) < 4.78 is 19.7. The average molecular weight is 265 g/mol. The third-order valence-corrected chi connectivity index (χ3v) is 4.18. The average Bonchev–Trinajstić information content (AvgIpc) is 2.42. The zero-order valence-corrected chi connectivity index (χ0v) is 11.9. The molecule has 0 heterocycles. The SMILES string of the molecule is CNCC1(OCc2ccccc2F)CCC(C)CC1. The van der Waals surface area contributed by atoms with Gasteiger partial charge in [-0.2, -0.15) is 0 Å². The standard InChI is InChI=1S/C16H24FNO/c1-13-7-9-16(10-8-13,12-18-2)19-11-14-5-3-4-6-15(14)17/h3-6,13,18H,7-12H2,1-2H3. The highest BCUT2D eigenvalue weighted by atomic mass is 19.1. The largest absolute Gasteiger partial charge is 0.369 e. The van der Waals surface area contributed by atoms with Crippen LogP contribution in [0.3, 0.4) is 0 Å². The highest BCUT2D eigenvalue weighted by molar-refractivity contribution is 5.16. The van der Waals surface area contributed by atoms with Crippen LogP contribution >= 0.6 is 0 Å². The Morgan fingerprint density at radius 3 is 2.63 bits per heavy atom. The van der Waals surface area contributed by atoms with Gasteiger partial charge in [0.25, 0.3) is 0 Å². The van der Waals surface area contributed by atoms with Gasteiger partial charge < -0.3 is 10.1 Å². The van der Waals surface area contributed by atoms with Gasteiger partial charge in [-0.3, -0.25) is 0 Å².